The molecule has 0 radical (unpaired) electrons. The second-order valence-corrected chi connectivity index (χ2v) is 5.08. The zero-order chi connectivity index (χ0) is 15.0. The average molecular weight is 275 g/mol. The Kier molecular flexibility index (Phi) is 3.48. The topological polar surface area (TPSA) is 98.2 Å². The minimum atomic E-state index is -1.02. The van der Waals surface area contributed by atoms with Gasteiger partial charge in [0.1, 0.15) is 11.9 Å². The lowest BCUT2D eigenvalue weighted by atomic mass is 10.1. The monoisotopic (exact) mass is 275 g/mol. The number of benzene rings is 1. The van der Waals surface area contributed by atoms with Crippen LogP contribution in [-0.4, -0.2) is 26.5 Å². The molecule has 20 heavy (non-hydrogen) atoms. The van der Waals surface area contributed by atoms with E-state index < -0.39 is 17.9 Å². The summed E-state index contributed by atoms with van der Waals surface area (Å²) in [7, 11) is 0. The van der Waals surface area contributed by atoms with Crippen LogP contribution in [0.2, 0.25) is 0 Å². The van der Waals surface area contributed by atoms with Gasteiger partial charge in [-0.15, -0.1) is 0 Å². The molecule has 0 saturated carbocycles. The zero-order valence-electron chi connectivity index (χ0n) is 11.6. The van der Waals surface area contributed by atoms with Gasteiger partial charge in [-0.2, -0.15) is 0 Å². The smallest absolute Gasteiger partial charge is 0.335 e. The molecule has 6 nitrogen and oxygen atoms in total. The van der Waals surface area contributed by atoms with E-state index in [1.807, 2.05) is 13.8 Å². The molecule has 0 fully saturated rings. The van der Waals surface area contributed by atoms with Gasteiger partial charge in [0.05, 0.1) is 16.6 Å². The summed E-state index contributed by atoms with van der Waals surface area (Å²) in [5.41, 5.74) is 6.81. The lowest BCUT2D eigenvalue weighted by Gasteiger charge is -2.16. The van der Waals surface area contributed by atoms with Crippen LogP contribution in [0.3, 0.4) is 0 Å². The highest BCUT2D eigenvalue weighted by Crippen LogP contribution is 2.26. The standard InChI is InChI=1S/C14H17N3O3/c1-7(2)13-16-10-5-4-9(14(19)20)6-11(10)17(13)8(3)12(15)18/h4-8H,1-3H3,(H2,15,18)(H,19,20). The number of carbonyl (C=O) groups excluding carboxylic acids is 1. The zero-order valence-corrected chi connectivity index (χ0v) is 11.6. The maximum Gasteiger partial charge on any atom is 0.335 e. The molecular formula is C14H17N3O3. The molecule has 2 aromatic rings. The van der Waals surface area contributed by atoms with Gasteiger partial charge >= 0.3 is 5.97 Å². The summed E-state index contributed by atoms with van der Waals surface area (Å²) < 4.78 is 1.72. The van der Waals surface area contributed by atoms with Gasteiger partial charge in [-0.1, -0.05) is 13.8 Å². The van der Waals surface area contributed by atoms with Crippen molar-refractivity contribution in [3.05, 3.63) is 29.6 Å². The summed E-state index contributed by atoms with van der Waals surface area (Å²) >= 11 is 0. The van der Waals surface area contributed by atoms with Crippen molar-refractivity contribution in [2.45, 2.75) is 32.7 Å². The van der Waals surface area contributed by atoms with E-state index in [2.05, 4.69) is 4.98 Å². The summed E-state index contributed by atoms with van der Waals surface area (Å²) in [6.07, 6.45) is 0. The number of nitrogens with two attached hydrogens (primary N) is 1. The number of rotatable bonds is 4. The van der Waals surface area contributed by atoms with Gasteiger partial charge in [0, 0.05) is 5.92 Å². The predicted octanol–water partition coefficient (Wildman–Crippen LogP) is 1.90. The molecule has 3 N–H and O–H groups in total. The summed E-state index contributed by atoms with van der Waals surface area (Å²) in [5.74, 6) is -0.685. The number of imidazole rings is 1. The van der Waals surface area contributed by atoms with Gasteiger partial charge in [0.15, 0.2) is 0 Å². The quantitative estimate of drug-likeness (QED) is 0.890. The van der Waals surface area contributed by atoms with E-state index in [-0.39, 0.29) is 11.5 Å². The minimum Gasteiger partial charge on any atom is -0.478 e. The fourth-order valence-corrected chi connectivity index (χ4v) is 2.19. The number of carboxylic acids is 1. The van der Waals surface area contributed by atoms with Crippen molar-refractivity contribution in [1.29, 1.82) is 0 Å². The van der Waals surface area contributed by atoms with E-state index in [4.69, 9.17) is 10.8 Å². The number of hydrogen-bond donors (Lipinski definition) is 2. The number of aromatic nitrogens is 2. The lowest BCUT2D eigenvalue weighted by Crippen LogP contribution is -2.25. The molecule has 1 atom stereocenters. The first-order valence-corrected chi connectivity index (χ1v) is 6.37. The van der Waals surface area contributed by atoms with Gasteiger partial charge in [0.25, 0.3) is 0 Å². The fourth-order valence-electron chi connectivity index (χ4n) is 2.19. The Morgan fingerprint density at radius 2 is 1.95 bits per heavy atom. The average Bonchev–Trinajstić information content (AvgIpc) is 2.75. The Morgan fingerprint density at radius 3 is 2.45 bits per heavy atom. The molecule has 0 saturated heterocycles. The van der Waals surface area contributed by atoms with Gasteiger partial charge < -0.3 is 15.4 Å². The molecule has 0 aliphatic carbocycles. The molecule has 0 aliphatic rings. The summed E-state index contributed by atoms with van der Waals surface area (Å²) in [5, 5.41) is 9.08. The van der Waals surface area contributed by atoms with Crippen LogP contribution in [0.1, 0.15) is 48.9 Å². The van der Waals surface area contributed by atoms with Crippen molar-refractivity contribution >= 4 is 22.9 Å². The highest BCUT2D eigenvalue weighted by molar-refractivity contribution is 5.93. The van der Waals surface area contributed by atoms with Crippen molar-refractivity contribution < 1.29 is 14.7 Å². The van der Waals surface area contributed by atoms with Gasteiger partial charge in [-0.05, 0) is 25.1 Å². The van der Waals surface area contributed by atoms with Crippen LogP contribution >= 0.6 is 0 Å². The van der Waals surface area contributed by atoms with Crippen LogP contribution in [0, 0.1) is 0 Å². The maximum absolute atomic E-state index is 11.5. The molecule has 1 unspecified atom stereocenters. The Bertz CT molecular complexity index is 688. The maximum atomic E-state index is 11.5. The predicted molar refractivity (Wildman–Crippen MR) is 74.7 cm³/mol. The van der Waals surface area contributed by atoms with Crippen molar-refractivity contribution in [1.82, 2.24) is 9.55 Å². The van der Waals surface area contributed by atoms with E-state index in [0.29, 0.717) is 16.9 Å². The van der Waals surface area contributed by atoms with Crippen molar-refractivity contribution in [3.63, 3.8) is 0 Å². The first-order chi connectivity index (χ1) is 9.32. The number of amides is 1. The third kappa shape index (κ3) is 2.24. The number of aromatic carboxylic acids is 1. The van der Waals surface area contributed by atoms with Crippen LogP contribution in [-0.2, 0) is 4.79 Å². The second-order valence-electron chi connectivity index (χ2n) is 5.08. The number of nitrogens with zero attached hydrogens (tertiary/aromatic N) is 2. The summed E-state index contributed by atoms with van der Waals surface area (Å²) in [6, 6.07) is 4.09. The van der Waals surface area contributed by atoms with Gasteiger partial charge in [0.2, 0.25) is 5.91 Å². The van der Waals surface area contributed by atoms with Crippen molar-refractivity contribution in [3.8, 4) is 0 Å². The molecule has 106 valence electrons. The van der Waals surface area contributed by atoms with Crippen LogP contribution < -0.4 is 5.73 Å². The Hall–Kier alpha value is -2.37. The van der Waals surface area contributed by atoms with Gasteiger partial charge in [-0.25, -0.2) is 9.78 Å². The SMILES string of the molecule is CC(C)c1nc2ccc(C(=O)O)cc2n1C(C)C(N)=O. The second kappa shape index (κ2) is 4.96. The highest BCUT2D eigenvalue weighted by Gasteiger charge is 2.22. The summed E-state index contributed by atoms with van der Waals surface area (Å²) in [6.45, 7) is 5.61. The number of carboxylic acid groups (broad SMARTS) is 1. The third-order valence-electron chi connectivity index (χ3n) is 3.28. The fraction of sp³-hybridized carbons (Fsp3) is 0.357. The van der Waals surface area contributed by atoms with Crippen molar-refractivity contribution in [2.24, 2.45) is 5.73 Å². The Labute approximate surface area is 116 Å². The molecule has 0 spiro atoms. The first-order valence-electron chi connectivity index (χ1n) is 6.37. The molecule has 0 aliphatic heterocycles. The van der Waals surface area contributed by atoms with E-state index in [1.54, 1.807) is 17.6 Å². The van der Waals surface area contributed by atoms with Crippen LogP contribution in [0.4, 0.5) is 0 Å². The number of carbonyl (C=O) groups is 2. The Morgan fingerprint density at radius 1 is 1.30 bits per heavy atom. The molecule has 0 bridgehead atoms. The largest absolute Gasteiger partial charge is 0.478 e. The Balaban J connectivity index is 2.77. The molecular weight excluding hydrogens is 258 g/mol. The van der Waals surface area contributed by atoms with E-state index in [9.17, 15) is 9.59 Å². The van der Waals surface area contributed by atoms with Crippen LogP contribution in [0.25, 0.3) is 11.0 Å². The van der Waals surface area contributed by atoms with Crippen molar-refractivity contribution in [2.75, 3.05) is 0 Å². The number of fused-ring (bicyclic) bond motifs is 1. The molecule has 1 aromatic carbocycles. The molecule has 2 rings (SSSR count). The number of primary amides is 1. The van der Waals surface area contributed by atoms with Gasteiger partial charge in [-0.3, -0.25) is 4.79 Å². The molecule has 1 heterocycles. The lowest BCUT2D eigenvalue weighted by molar-refractivity contribution is -0.120. The summed E-state index contributed by atoms with van der Waals surface area (Å²) in [4.78, 5) is 27.0. The van der Waals surface area contributed by atoms with E-state index >= 15 is 0 Å². The van der Waals surface area contributed by atoms with Crippen LogP contribution in [0.15, 0.2) is 18.2 Å². The number of hydrogen-bond acceptors (Lipinski definition) is 3. The normalized spacial score (nSPS) is 12.8. The molecule has 1 amide bonds. The first kappa shape index (κ1) is 14.0. The van der Waals surface area contributed by atoms with E-state index in [0.717, 1.165) is 0 Å². The molecule has 1 aromatic heterocycles. The van der Waals surface area contributed by atoms with Crippen LogP contribution in [0.5, 0.6) is 0 Å². The molecule has 6 heteroatoms. The third-order valence-corrected chi connectivity index (χ3v) is 3.28. The minimum absolute atomic E-state index is 0.0949. The highest BCUT2D eigenvalue weighted by atomic mass is 16.4. The van der Waals surface area contributed by atoms with E-state index in [1.165, 1.54) is 12.1 Å².